The van der Waals surface area contributed by atoms with Gasteiger partial charge in [-0.05, 0) is 44.2 Å². The van der Waals surface area contributed by atoms with E-state index < -0.39 is 10.0 Å². The van der Waals surface area contributed by atoms with Crippen molar-refractivity contribution in [2.75, 3.05) is 13.2 Å². The molecular weight excluding hydrogens is 308 g/mol. The molecule has 2 atom stereocenters. The van der Waals surface area contributed by atoms with Gasteiger partial charge in [0.05, 0.1) is 6.10 Å². The number of thiophene rings is 1. The number of hydrogen-bond acceptors (Lipinski definition) is 5. The summed E-state index contributed by atoms with van der Waals surface area (Å²) >= 11 is 1.49. The Morgan fingerprint density at radius 2 is 2.29 bits per heavy atom. The van der Waals surface area contributed by atoms with E-state index in [-0.39, 0.29) is 12.1 Å². The minimum atomic E-state index is -3.50. The maximum absolute atomic E-state index is 12.7. The predicted molar refractivity (Wildman–Crippen MR) is 85.2 cm³/mol. The Balaban J connectivity index is 2.16. The normalized spacial score (nSPS) is 20.8. The van der Waals surface area contributed by atoms with Gasteiger partial charge in [-0.1, -0.05) is 6.92 Å². The molecule has 2 unspecified atom stereocenters. The Bertz CT molecular complexity index is 563. The van der Waals surface area contributed by atoms with Gasteiger partial charge in [0.2, 0.25) is 10.0 Å². The van der Waals surface area contributed by atoms with Crippen molar-refractivity contribution >= 4 is 21.4 Å². The van der Waals surface area contributed by atoms with Gasteiger partial charge in [0.1, 0.15) is 4.90 Å². The number of hydrogen-bond donors (Lipinski definition) is 2. The average Bonchev–Trinajstić information content (AvgIpc) is 3.05. The minimum absolute atomic E-state index is 0.0177. The Labute approximate surface area is 131 Å². The highest BCUT2D eigenvalue weighted by atomic mass is 32.2. The van der Waals surface area contributed by atoms with Crippen LogP contribution in [0.15, 0.2) is 10.3 Å². The first-order valence-corrected chi connectivity index (χ1v) is 9.73. The first kappa shape index (κ1) is 16.9. The fourth-order valence-electron chi connectivity index (χ4n) is 2.59. The molecule has 1 aliphatic rings. The molecule has 7 heteroatoms. The third kappa shape index (κ3) is 4.04. The highest BCUT2D eigenvalue weighted by Gasteiger charge is 2.29. The molecule has 0 aromatic carbocycles. The summed E-state index contributed by atoms with van der Waals surface area (Å²) in [6.45, 7) is 7.85. The second-order valence-electron chi connectivity index (χ2n) is 5.41. The van der Waals surface area contributed by atoms with Crippen molar-refractivity contribution in [1.82, 2.24) is 10.0 Å². The van der Waals surface area contributed by atoms with Crippen LogP contribution >= 0.6 is 11.3 Å². The van der Waals surface area contributed by atoms with Gasteiger partial charge in [0.25, 0.3) is 0 Å². The lowest BCUT2D eigenvalue weighted by Crippen LogP contribution is -2.41. The third-order valence-electron chi connectivity index (χ3n) is 3.66. The molecule has 120 valence electrons. The zero-order valence-electron chi connectivity index (χ0n) is 12.8. The van der Waals surface area contributed by atoms with Crippen molar-refractivity contribution in [3.63, 3.8) is 0 Å². The topological polar surface area (TPSA) is 67.4 Å². The Kier molecular flexibility index (Phi) is 5.79. The lowest BCUT2D eigenvalue weighted by atomic mass is 10.1. The highest BCUT2D eigenvalue weighted by molar-refractivity contribution is 7.89. The van der Waals surface area contributed by atoms with Crippen molar-refractivity contribution in [2.45, 2.75) is 57.2 Å². The molecule has 0 bridgehead atoms. The van der Waals surface area contributed by atoms with Gasteiger partial charge < -0.3 is 10.1 Å². The molecule has 2 N–H and O–H groups in total. The maximum Gasteiger partial charge on any atom is 0.242 e. The molecule has 0 amide bonds. The van der Waals surface area contributed by atoms with Crippen molar-refractivity contribution in [1.29, 1.82) is 0 Å². The monoisotopic (exact) mass is 332 g/mol. The molecule has 1 aliphatic heterocycles. The van der Waals surface area contributed by atoms with E-state index in [1.807, 2.05) is 26.2 Å². The van der Waals surface area contributed by atoms with Crippen molar-refractivity contribution in [3.8, 4) is 0 Å². The summed E-state index contributed by atoms with van der Waals surface area (Å²) in [7, 11) is -3.50. The molecule has 1 aromatic rings. The Morgan fingerprint density at radius 1 is 1.52 bits per heavy atom. The van der Waals surface area contributed by atoms with Crippen molar-refractivity contribution in [2.24, 2.45) is 0 Å². The smallest absolute Gasteiger partial charge is 0.242 e. The number of ether oxygens (including phenoxy) is 1. The average molecular weight is 332 g/mol. The SMILES string of the molecule is CCNCc1scc(C)c1S(=O)(=O)NC(C)C1CCCO1. The molecule has 0 spiro atoms. The summed E-state index contributed by atoms with van der Waals surface area (Å²) in [5.74, 6) is 0. The molecule has 5 nitrogen and oxygen atoms in total. The van der Waals surface area contributed by atoms with Crippen LogP contribution in [0.3, 0.4) is 0 Å². The molecule has 21 heavy (non-hydrogen) atoms. The Hall–Kier alpha value is -0.470. The molecule has 0 aliphatic carbocycles. The van der Waals surface area contributed by atoms with Crippen LogP contribution in [0.25, 0.3) is 0 Å². The van der Waals surface area contributed by atoms with Gasteiger partial charge in [-0.2, -0.15) is 0 Å². The van der Waals surface area contributed by atoms with E-state index in [9.17, 15) is 8.42 Å². The number of rotatable bonds is 7. The van der Waals surface area contributed by atoms with Crippen LogP contribution in [0.1, 0.15) is 37.1 Å². The Morgan fingerprint density at radius 3 is 2.90 bits per heavy atom. The molecule has 1 aromatic heterocycles. The van der Waals surface area contributed by atoms with Crippen LogP contribution in [0.5, 0.6) is 0 Å². The van der Waals surface area contributed by atoms with Crippen molar-refractivity contribution < 1.29 is 13.2 Å². The second-order valence-corrected chi connectivity index (χ2v) is 8.03. The quantitative estimate of drug-likeness (QED) is 0.801. The fourth-order valence-corrected chi connectivity index (χ4v) is 5.64. The van der Waals surface area contributed by atoms with Gasteiger partial charge in [0.15, 0.2) is 0 Å². The van der Waals surface area contributed by atoms with Crippen LogP contribution in [-0.4, -0.2) is 33.7 Å². The van der Waals surface area contributed by atoms with Crippen LogP contribution in [0, 0.1) is 6.92 Å². The van der Waals surface area contributed by atoms with E-state index in [0.717, 1.165) is 36.4 Å². The van der Waals surface area contributed by atoms with Crippen LogP contribution in [0.4, 0.5) is 0 Å². The second kappa shape index (κ2) is 7.19. The summed E-state index contributed by atoms with van der Waals surface area (Å²) < 4.78 is 33.7. The van der Waals surface area contributed by atoms with Crippen molar-refractivity contribution in [3.05, 3.63) is 15.8 Å². The van der Waals surface area contributed by atoms with E-state index in [2.05, 4.69) is 10.0 Å². The molecule has 0 radical (unpaired) electrons. The predicted octanol–water partition coefficient (Wildman–Crippen LogP) is 2.01. The van der Waals surface area contributed by atoms with E-state index in [1.165, 1.54) is 11.3 Å². The van der Waals surface area contributed by atoms with Gasteiger partial charge >= 0.3 is 0 Å². The minimum Gasteiger partial charge on any atom is -0.377 e. The standard InChI is InChI=1S/C14H24N2O3S2/c1-4-15-8-13-14(10(2)9-20-13)21(17,18)16-11(3)12-6-5-7-19-12/h9,11-12,15-16H,4-8H2,1-3H3. The van der Waals surface area contributed by atoms with Crippen LogP contribution < -0.4 is 10.0 Å². The number of sulfonamides is 1. The third-order valence-corrected chi connectivity index (χ3v) is 6.68. The van der Waals surface area contributed by atoms with Gasteiger partial charge in [-0.15, -0.1) is 11.3 Å². The summed E-state index contributed by atoms with van der Waals surface area (Å²) in [5, 5.41) is 5.09. The largest absolute Gasteiger partial charge is 0.377 e. The van der Waals surface area contributed by atoms with E-state index >= 15 is 0 Å². The molecule has 0 saturated carbocycles. The van der Waals surface area contributed by atoms with Gasteiger partial charge in [0, 0.05) is 24.1 Å². The molecule has 2 heterocycles. The lowest BCUT2D eigenvalue weighted by Gasteiger charge is -2.20. The van der Waals surface area contributed by atoms with Gasteiger partial charge in [-0.25, -0.2) is 13.1 Å². The van der Waals surface area contributed by atoms with E-state index in [0.29, 0.717) is 11.4 Å². The summed E-state index contributed by atoms with van der Waals surface area (Å²) in [4.78, 5) is 1.29. The lowest BCUT2D eigenvalue weighted by molar-refractivity contribution is 0.0902. The maximum atomic E-state index is 12.7. The van der Waals surface area contributed by atoms with Gasteiger partial charge in [-0.3, -0.25) is 0 Å². The summed E-state index contributed by atoms with van der Waals surface area (Å²) in [6.07, 6.45) is 1.90. The molecule has 2 rings (SSSR count). The number of nitrogens with one attached hydrogen (secondary N) is 2. The molecule has 1 fully saturated rings. The first-order chi connectivity index (χ1) is 9.95. The zero-order valence-corrected chi connectivity index (χ0v) is 14.4. The van der Waals surface area contributed by atoms with E-state index in [4.69, 9.17) is 4.74 Å². The van der Waals surface area contributed by atoms with Crippen LogP contribution in [0.2, 0.25) is 0 Å². The zero-order chi connectivity index (χ0) is 15.5. The first-order valence-electron chi connectivity index (χ1n) is 7.37. The summed E-state index contributed by atoms with van der Waals surface area (Å²) in [6, 6.07) is -0.205. The molecular formula is C14H24N2O3S2. The summed E-state index contributed by atoms with van der Waals surface area (Å²) in [5.41, 5.74) is 0.806. The highest BCUT2D eigenvalue weighted by Crippen LogP contribution is 2.27. The number of aryl methyl sites for hydroxylation is 1. The molecule has 1 saturated heterocycles. The van der Waals surface area contributed by atoms with Crippen LogP contribution in [-0.2, 0) is 21.3 Å². The van der Waals surface area contributed by atoms with E-state index in [1.54, 1.807) is 0 Å². The fraction of sp³-hybridized carbons (Fsp3) is 0.714.